The summed E-state index contributed by atoms with van der Waals surface area (Å²) in [6, 6.07) is 31.8. The van der Waals surface area contributed by atoms with E-state index >= 15 is 0 Å². The molecule has 2 amide bonds. The third-order valence-corrected chi connectivity index (χ3v) is 12.6. The zero-order chi connectivity index (χ0) is 43.3. The van der Waals surface area contributed by atoms with E-state index in [1.54, 1.807) is 12.1 Å². The fraction of sp³-hybridized carbons (Fsp3) is 0.480. The highest BCUT2D eigenvalue weighted by Crippen LogP contribution is 2.21. The lowest BCUT2D eigenvalue weighted by Gasteiger charge is -2.33. The summed E-state index contributed by atoms with van der Waals surface area (Å²) in [5.74, 6) is -0.0852. The second kappa shape index (κ2) is 22.5. The molecule has 4 fully saturated rings. The van der Waals surface area contributed by atoms with E-state index in [9.17, 15) is 18.4 Å². The average molecular weight is 849 g/mol. The number of piperazine rings is 2. The summed E-state index contributed by atoms with van der Waals surface area (Å²) in [5.41, 5.74) is 6.36. The maximum absolute atomic E-state index is 13.4. The van der Waals surface area contributed by atoms with Gasteiger partial charge in [0.15, 0.2) is 0 Å². The second-order valence-corrected chi connectivity index (χ2v) is 17.8. The zero-order valence-corrected chi connectivity index (χ0v) is 36.6. The summed E-state index contributed by atoms with van der Waals surface area (Å²) in [4.78, 5) is 34.4. The van der Waals surface area contributed by atoms with Gasteiger partial charge in [-0.15, -0.1) is 0 Å². The van der Waals surface area contributed by atoms with Crippen LogP contribution in [0.2, 0.25) is 0 Å². The maximum atomic E-state index is 13.4. The van der Waals surface area contributed by atoms with Gasteiger partial charge in [-0.25, -0.2) is 8.78 Å². The van der Waals surface area contributed by atoms with Gasteiger partial charge in [0.1, 0.15) is 11.6 Å². The molecule has 4 aliphatic heterocycles. The van der Waals surface area contributed by atoms with Crippen molar-refractivity contribution < 1.29 is 18.4 Å². The molecule has 4 saturated heterocycles. The molecule has 62 heavy (non-hydrogen) atoms. The first-order chi connectivity index (χ1) is 30.1. The summed E-state index contributed by atoms with van der Waals surface area (Å²) < 4.78 is 26.7. The molecule has 0 saturated carbocycles. The van der Waals surface area contributed by atoms with Gasteiger partial charge in [-0.2, -0.15) is 0 Å². The van der Waals surface area contributed by atoms with Crippen molar-refractivity contribution in [2.24, 2.45) is 0 Å². The molecule has 2 atom stereocenters. The highest BCUT2D eigenvalue weighted by molar-refractivity contribution is 5.79. The molecular formula is C50H66F2N8O2. The number of amides is 2. The van der Waals surface area contributed by atoms with Gasteiger partial charge in [0.05, 0.1) is 12.8 Å². The minimum atomic E-state index is -0.230. The van der Waals surface area contributed by atoms with Crippen molar-refractivity contribution in [2.75, 3.05) is 76.1 Å². The molecule has 12 heteroatoms. The molecule has 0 unspecified atom stereocenters. The highest BCUT2D eigenvalue weighted by atomic mass is 19.1. The van der Waals surface area contributed by atoms with Gasteiger partial charge >= 0.3 is 0 Å². The fourth-order valence-corrected chi connectivity index (χ4v) is 9.10. The largest absolute Gasteiger partial charge is 0.382 e. The molecule has 332 valence electrons. The summed E-state index contributed by atoms with van der Waals surface area (Å²) in [7, 11) is 0. The van der Waals surface area contributed by atoms with Crippen LogP contribution in [0.5, 0.6) is 0 Å². The van der Waals surface area contributed by atoms with Gasteiger partial charge in [-0.05, 0) is 98.2 Å². The number of hydrogen-bond acceptors (Lipinski definition) is 8. The van der Waals surface area contributed by atoms with Crippen LogP contribution >= 0.6 is 0 Å². The quantitative estimate of drug-likeness (QED) is 0.128. The van der Waals surface area contributed by atoms with Crippen LogP contribution in [0.25, 0.3) is 0 Å². The number of nitrogens with one attached hydrogen (secondary N) is 4. The molecule has 0 bridgehead atoms. The predicted molar refractivity (Wildman–Crippen MR) is 245 cm³/mol. The Morgan fingerprint density at radius 1 is 0.548 bits per heavy atom. The number of piperidine rings is 2. The van der Waals surface area contributed by atoms with Crippen LogP contribution in [0, 0.1) is 11.6 Å². The number of rotatable bonds is 12. The fourth-order valence-electron chi connectivity index (χ4n) is 9.10. The number of likely N-dealkylation sites (tertiary alicyclic amines) is 2. The summed E-state index contributed by atoms with van der Waals surface area (Å²) in [6.07, 6.45) is 4.42. The molecule has 4 heterocycles. The van der Waals surface area contributed by atoms with Crippen molar-refractivity contribution in [2.45, 2.75) is 89.6 Å². The summed E-state index contributed by atoms with van der Waals surface area (Å²) >= 11 is 0. The van der Waals surface area contributed by atoms with Gasteiger partial charge in [-0.3, -0.25) is 19.4 Å². The van der Waals surface area contributed by atoms with Gasteiger partial charge in [0.25, 0.3) is 0 Å². The lowest BCUT2D eigenvalue weighted by molar-refractivity contribution is -0.132. The van der Waals surface area contributed by atoms with Gasteiger partial charge in [-0.1, -0.05) is 60.7 Å². The van der Waals surface area contributed by atoms with E-state index in [1.807, 2.05) is 21.9 Å². The van der Waals surface area contributed by atoms with E-state index in [-0.39, 0.29) is 35.5 Å². The van der Waals surface area contributed by atoms with E-state index in [0.29, 0.717) is 24.9 Å². The van der Waals surface area contributed by atoms with Crippen molar-refractivity contribution in [3.05, 3.63) is 131 Å². The molecule has 0 radical (unpaired) electrons. The topological polar surface area (TPSA) is 95.2 Å². The van der Waals surface area contributed by atoms with Crippen LogP contribution in [-0.4, -0.2) is 121 Å². The summed E-state index contributed by atoms with van der Waals surface area (Å²) in [6.45, 7) is 15.7. The maximum Gasteiger partial charge on any atom is 0.226 e. The Kier molecular flexibility index (Phi) is 16.4. The van der Waals surface area contributed by atoms with Crippen LogP contribution < -0.4 is 21.3 Å². The minimum Gasteiger partial charge on any atom is -0.382 e. The third-order valence-electron chi connectivity index (χ3n) is 12.6. The molecule has 4 aliphatic rings. The molecule has 10 nitrogen and oxygen atoms in total. The minimum absolute atomic E-state index is 0.188. The first kappa shape index (κ1) is 45.2. The van der Waals surface area contributed by atoms with Gasteiger partial charge < -0.3 is 31.1 Å². The van der Waals surface area contributed by atoms with Crippen molar-refractivity contribution in [3.63, 3.8) is 0 Å². The number of benzene rings is 4. The Bertz CT molecular complexity index is 1870. The van der Waals surface area contributed by atoms with E-state index < -0.39 is 0 Å². The number of carbonyl (C=O) groups excluding carboxylic acids is 2. The Morgan fingerprint density at radius 3 is 1.27 bits per heavy atom. The summed E-state index contributed by atoms with van der Waals surface area (Å²) in [5, 5.41) is 13.7. The van der Waals surface area contributed by atoms with Crippen LogP contribution in [0.4, 0.5) is 20.2 Å². The van der Waals surface area contributed by atoms with Crippen LogP contribution in [-0.2, 0) is 35.5 Å². The molecule has 0 spiro atoms. The number of hydrogen-bond donors (Lipinski definition) is 4. The number of carbonyl (C=O) groups is 2. The monoisotopic (exact) mass is 849 g/mol. The number of halogens is 2. The van der Waals surface area contributed by atoms with E-state index in [4.69, 9.17) is 0 Å². The lowest BCUT2D eigenvalue weighted by Crippen LogP contribution is -2.48. The SMILES string of the molecule is C[C@H]1CN(Cc2ccc(CC(=O)N3CCC(Nc4cccc(F)c4)CC3)cc2)CCN1.C[C@H]1CN(Cc2ccc(CC(=O)N3CCC(Nc4cccc(F)c4)CC3)cc2)CCN1. The first-order valence-electron chi connectivity index (χ1n) is 22.8. The Hall–Kier alpha value is -4.88. The molecule has 4 aromatic carbocycles. The van der Waals surface area contributed by atoms with Crippen LogP contribution in [0.1, 0.15) is 61.8 Å². The molecule has 0 aromatic heterocycles. The van der Waals surface area contributed by atoms with Gasteiger partial charge in [0, 0.05) is 114 Å². The highest BCUT2D eigenvalue weighted by Gasteiger charge is 2.25. The van der Waals surface area contributed by atoms with Crippen LogP contribution in [0.3, 0.4) is 0 Å². The average Bonchev–Trinajstić information content (AvgIpc) is 3.26. The third kappa shape index (κ3) is 14.1. The zero-order valence-electron chi connectivity index (χ0n) is 36.6. The van der Waals surface area contributed by atoms with Gasteiger partial charge in [0.2, 0.25) is 11.8 Å². The standard InChI is InChI=1S/2C25H33FN4O/c2*1-19-17-29(14-11-27-19)18-21-7-5-20(6-8-21)15-25(31)30-12-9-23(10-13-30)28-24-4-2-3-22(26)16-24/h2*2-8,16,19,23,27-28H,9-15,17-18H2,1H3/t2*19-/m00/s1. The predicted octanol–water partition coefficient (Wildman–Crippen LogP) is 6.53. The molecule has 4 N–H and O–H groups in total. The molecular weight excluding hydrogens is 783 g/mol. The normalized spacial score (nSPS) is 20.6. The van der Waals surface area contributed by atoms with Crippen molar-refractivity contribution >= 4 is 23.2 Å². The molecule has 8 rings (SSSR count). The Labute approximate surface area is 367 Å². The number of anilines is 2. The first-order valence-corrected chi connectivity index (χ1v) is 22.8. The molecule has 4 aromatic rings. The lowest BCUT2D eigenvalue weighted by atomic mass is 10.0. The van der Waals surface area contributed by atoms with Crippen molar-refractivity contribution in [1.82, 2.24) is 30.2 Å². The smallest absolute Gasteiger partial charge is 0.226 e. The van der Waals surface area contributed by atoms with Crippen molar-refractivity contribution in [3.8, 4) is 0 Å². The van der Waals surface area contributed by atoms with E-state index in [2.05, 4.69) is 93.4 Å². The molecule has 0 aliphatic carbocycles. The number of nitrogens with zero attached hydrogens (tertiary/aromatic N) is 4. The van der Waals surface area contributed by atoms with E-state index in [0.717, 1.165) is 127 Å². The Morgan fingerprint density at radius 2 is 0.919 bits per heavy atom. The van der Waals surface area contributed by atoms with E-state index in [1.165, 1.54) is 35.4 Å². The van der Waals surface area contributed by atoms with Crippen LogP contribution in [0.15, 0.2) is 97.1 Å². The van der Waals surface area contributed by atoms with Crippen molar-refractivity contribution in [1.29, 1.82) is 0 Å². The second-order valence-electron chi connectivity index (χ2n) is 17.8. The Balaban J connectivity index is 0.000000186.